The third-order valence-electron chi connectivity index (χ3n) is 3.98. The number of rotatable bonds is 6. The number of nitrogens with one attached hydrogen (secondary N) is 1. The molecule has 0 saturated heterocycles. The van der Waals surface area contributed by atoms with Crippen molar-refractivity contribution in [3.8, 4) is 0 Å². The Balaban J connectivity index is 1.89. The Morgan fingerprint density at radius 2 is 1.78 bits per heavy atom. The summed E-state index contributed by atoms with van der Waals surface area (Å²) in [5.41, 5.74) is 2.22. The molecule has 1 heterocycles. The molecule has 0 unspecified atom stereocenters. The van der Waals surface area contributed by atoms with Crippen molar-refractivity contribution >= 4 is 34.8 Å². The van der Waals surface area contributed by atoms with Crippen LogP contribution in [0.1, 0.15) is 32.6 Å². The molecule has 7 heteroatoms. The number of likely N-dealkylation sites (N-methyl/N-ethyl adjacent to an activating group) is 1. The van der Waals surface area contributed by atoms with E-state index in [4.69, 9.17) is 4.74 Å². The number of thiophene rings is 1. The van der Waals surface area contributed by atoms with E-state index in [-0.39, 0.29) is 12.5 Å². The van der Waals surface area contributed by atoms with Gasteiger partial charge < -0.3 is 15.0 Å². The number of nitrogens with zero attached hydrogens (tertiary/aromatic N) is 1. The Labute approximate surface area is 163 Å². The Hall–Kier alpha value is -2.67. The van der Waals surface area contributed by atoms with E-state index in [1.807, 2.05) is 32.9 Å². The highest BCUT2D eigenvalue weighted by molar-refractivity contribution is 7.12. The molecular weight excluding hydrogens is 364 g/mol. The summed E-state index contributed by atoms with van der Waals surface area (Å²) in [6.07, 6.45) is -0.978. The Morgan fingerprint density at radius 3 is 2.33 bits per heavy atom. The SMILES string of the molecule is Cc1ccc(NC(=O)CN(C)C(=O)[C@H](C)OC(=O)c2cc(C)sc2C)cc1. The lowest BCUT2D eigenvalue weighted by molar-refractivity contribution is -0.140. The minimum atomic E-state index is -0.978. The van der Waals surface area contributed by atoms with E-state index in [0.717, 1.165) is 15.3 Å². The largest absolute Gasteiger partial charge is 0.449 e. The van der Waals surface area contributed by atoms with E-state index in [9.17, 15) is 14.4 Å². The van der Waals surface area contributed by atoms with E-state index in [1.54, 1.807) is 18.2 Å². The van der Waals surface area contributed by atoms with Crippen LogP contribution >= 0.6 is 11.3 Å². The predicted molar refractivity (Wildman–Crippen MR) is 106 cm³/mol. The van der Waals surface area contributed by atoms with Gasteiger partial charge in [0.25, 0.3) is 5.91 Å². The van der Waals surface area contributed by atoms with Gasteiger partial charge in [0.15, 0.2) is 6.10 Å². The molecule has 144 valence electrons. The fourth-order valence-electron chi connectivity index (χ4n) is 2.55. The number of carbonyl (C=O) groups is 3. The second kappa shape index (κ2) is 8.81. The summed E-state index contributed by atoms with van der Waals surface area (Å²) in [6, 6.07) is 9.12. The van der Waals surface area contributed by atoms with Crippen molar-refractivity contribution < 1.29 is 19.1 Å². The second-order valence-electron chi connectivity index (χ2n) is 6.48. The molecule has 27 heavy (non-hydrogen) atoms. The number of amides is 2. The van der Waals surface area contributed by atoms with Crippen LogP contribution in [-0.2, 0) is 14.3 Å². The molecule has 1 aromatic carbocycles. The van der Waals surface area contributed by atoms with Crippen LogP contribution in [-0.4, -0.2) is 42.4 Å². The molecule has 0 bridgehead atoms. The molecule has 2 amide bonds. The van der Waals surface area contributed by atoms with Crippen molar-refractivity contribution in [3.05, 3.63) is 51.2 Å². The van der Waals surface area contributed by atoms with E-state index >= 15 is 0 Å². The van der Waals surface area contributed by atoms with Gasteiger partial charge in [-0.2, -0.15) is 0 Å². The second-order valence-corrected chi connectivity index (χ2v) is 7.94. The first-order chi connectivity index (χ1) is 12.7. The minimum Gasteiger partial charge on any atom is -0.449 e. The number of benzene rings is 1. The van der Waals surface area contributed by atoms with E-state index < -0.39 is 18.0 Å². The van der Waals surface area contributed by atoms with Crippen LogP contribution < -0.4 is 5.32 Å². The first-order valence-corrected chi connectivity index (χ1v) is 9.38. The fraction of sp³-hybridized carbons (Fsp3) is 0.350. The number of ether oxygens (including phenoxy) is 1. The van der Waals surface area contributed by atoms with Gasteiger partial charge in [-0.3, -0.25) is 9.59 Å². The standard InChI is InChI=1S/C20H24N2O4S/c1-12-6-8-16(9-7-12)21-18(23)11-22(5)19(24)14(3)26-20(25)17-10-13(2)27-15(17)4/h6-10,14H,11H2,1-5H3,(H,21,23)/t14-/m0/s1. The van der Waals surface area contributed by atoms with Crippen LogP contribution in [0.25, 0.3) is 0 Å². The molecule has 0 aliphatic rings. The van der Waals surface area contributed by atoms with Crippen molar-refractivity contribution in [2.24, 2.45) is 0 Å². The van der Waals surface area contributed by atoms with E-state index in [1.165, 1.54) is 30.2 Å². The lowest BCUT2D eigenvalue weighted by Gasteiger charge is -2.21. The van der Waals surface area contributed by atoms with Crippen LogP contribution in [0.15, 0.2) is 30.3 Å². The zero-order chi connectivity index (χ0) is 20.1. The molecule has 0 spiro atoms. The Morgan fingerprint density at radius 1 is 1.15 bits per heavy atom. The quantitative estimate of drug-likeness (QED) is 0.771. The monoisotopic (exact) mass is 388 g/mol. The van der Waals surface area contributed by atoms with Gasteiger partial charge in [0.1, 0.15) is 0 Å². The van der Waals surface area contributed by atoms with Crippen molar-refractivity contribution in [3.63, 3.8) is 0 Å². The summed E-state index contributed by atoms with van der Waals surface area (Å²) in [7, 11) is 1.50. The molecule has 0 saturated carbocycles. The zero-order valence-electron chi connectivity index (χ0n) is 16.2. The molecule has 1 atom stereocenters. The molecule has 0 aliphatic heterocycles. The average Bonchev–Trinajstić information content (AvgIpc) is 2.94. The molecule has 2 aromatic rings. The van der Waals surface area contributed by atoms with Crippen LogP contribution in [0.2, 0.25) is 0 Å². The minimum absolute atomic E-state index is 0.134. The van der Waals surface area contributed by atoms with Crippen LogP contribution in [0.5, 0.6) is 0 Å². The lowest BCUT2D eigenvalue weighted by Crippen LogP contribution is -2.41. The van der Waals surface area contributed by atoms with Crippen molar-refractivity contribution in [2.75, 3.05) is 18.9 Å². The van der Waals surface area contributed by atoms with Gasteiger partial charge in [0, 0.05) is 22.5 Å². The van der Waals surface area contributed by atoms with Gasteiger partial charge >= 0.3 is 5.97 Å². The maximum absolute atomic E-state index is 12.4. The molecule has 1 aromatic heterocycles. The highest BCUT2D eigenvalue weighted by Gasteiger charge is 2.24. The zero-order valence-corrected chi connectivity index (χ0v) is 17.0. The van der Waals surface area contributed by atoms with Crippen molar-refractivity contribution in [2.45, 2.75) is 33.8 Å². The van der Waals surface area contributed by atoms with Gasteiger partial charge in [-0.15, -0.1) is 11.3 Å². The molecule has 6 nitrogen and oxygen atoms in total. The van der Waals surface area contributed by atoms with E-state index in [2.05, 4.69) is 5.32 Å². The maximum atomic E-state index is 12.4. The van der Waals surface area contributed by atoms with Gasteiger partial charge in [0.05, 0.1) is 12.1 Å². The van der Waals surface area contributed by atoms with Gasteiger partial charge in [-0.25, -0.2) is 4.79 Å². The summed E-state index contributed by atoms with van der Waals surface area (Å²) in [4.78, 5) is 39.9. The predicted octanol–water partition coefficient (Wildman–Crippen LogP) is 3.32. The maximum Gasteiger partial charge on any atom is 0.340 e. The average molecular weight is 388 g/mol. The summed E-state index contributed by atoms with van der Waals surface area (Å²) < 4.78 is 5.27. The number of carbonyl (C=O) groups excluding carboxylic acids is 3. The smallest absolute Gasteiger partial charge is 0.340 e. The fourth-order valence-corrected chi connectivity index (χ4v) is 3.46. The molecule has 0 radical (unpaired) electrons. The first-order valence-electron chi connectivity index (χ1n) is 8.57. The number of esters is 1. The normalized spacial score (nSPS) is 11.6. The topological polar surface area (TPSA) is 75.7 Å². The van der Waals surface area contributed by atoms with Crippen molar-refractivity contribution in [1.29, 1.82) is 0 Å². The third-order valence-corrected chi connectivity index (χ3v) is 4.95. The molecule has 0 aliphatic carbocycles. The van der Waals surface area contributed by atoms with E-state index in [0.29, 0.717) is 11.3 Å². The molecule has 0 fully saturated rings. The van der Waals surface area contributed by atoms with Crippen LogP contribution in [0.3, 0.4) is 0 Å². The van der Waals surface area contributed by atoms with Crippen molar-refractivity contribution in [1.82, 2.24) is 4.90 Å². The number of hydrogen-bond acceptors (Lipinski definition) is 5. The van der Waals surface area contributed by atoms with Gasteiger partial charge in [0.2, 0.25) is 5.91 Å². The van der Waals surface area contributed by atoms with Gasteiger partial charge in [-0.05, 0) is 45.9 Å². The Kier molecular flexibility index (Phi) is 6.74. The number of anilines is 1. The number of hydrogen-bond donors (Lipinski definition) is 1. The summed E-state index contributed by atoms with van der Waals surface area (Å²) >= 11 is 1.50. The van der Waals surface area contributed by atoms with Crippen LogP contribution in [0.4, 0.5) is 5.69 Å². The highest BCUT2D eigenvalue weighted by atomic mass is 32.1. The van der Waals surface area contributed by atoms with Crippen LogP contribution in [0, 0.1) is 20.8 Å². The highest BCUT2D eigenvalue weighted by Crippen LogP contribution is 2.21. The lowest BCUT2D eigenvalue weighted by atomic mass is 10.2. The molecule has 1 N–H and O–H groups in total. The summed E-state index contributed by atoms with van der Waals surface area (Å²) in [5.74, 6) is -1.29. The van der Waals surface area contributed by atoms with Gasteiger partial charge in [-0.1, -0.05) is 17.7 Å². The Bertz CT molecular complexity index is 842. The molecular formula is C20H24N2O4S. The molecule has 2 rings (SSSR count). The third kappa shape index (κ3) is 5.65. The summed E-state index contributed by atoms with van der Waals surface area (Å²) in [5, 5.41) is 2.73. The summed E-state index contributed by atoms with van der Waals surface area (Å²) in [6.45, 7) is 7.07. The first kappa shape index (κ1) is 20.6. The number of aryl methyl sites for hydroxylation is 3.